The molecule has 0 fully saturated rings. The summed E-state index contributed by atoms with van der Waals surface area (Å²) in [5.74, 6) is -1.49. The zero-order valence-corrected chi connectivity index (χ0v) is 9.26. The standard InChI is InChI=1S/C11H10FN3O3/c12-7-2-1-3-8(16)10(7)11(17)13-5-4-9-14-6-15-18-9/h1-3,6,16H,4-5H2,(H,13,17). The summed E-state index contributed by atoms with van der Waals surface area (Å²) in [6.07, 6.45) is 1.58. The minimum Gasteiger partial charge on any atom is -0.507 e. The average molecular weight is 251 g/mol. The van der Waals surface area contributed by atoms with Gasteiger partial charge in [0.2, 0.25) is 5.89 Å². The lowest BCUT2D eigenvalue weighted by molar-refractivity contribution is 0.0946. The predicted octanol–water partition coefficient (Wildman–Crippen LogP) is 0.887. The molecule has 1 amide bonds. The SMILES string of the molecule is O=C(NCCc1ncno1)c1c(O)cccc1F. The van der Waals surface area contributed by atoms with Gasteiger partial charge in [0.05, 0.1) is 0 Å². The van der Waals surface area contributed by atoms with Crippen LogP contribution in [0.15, 0.2) is 29.0 Å². The van der Waals surface area contributed by atoms with Crippen LogP contribution in [-0.4, -0.2) is 27.7 Å². The van der Waals surface area contributed by atoms with Crippen molar-refractivity contribution in [1.29, 1.82) is 0 Å². The molecule has 0 bridgehead atoms. The van der Waals surface area contributed by atoms with Crippen molar-refractivity contribution in [1.82, 2.24) is 15.5 Å². The predicted molar refractivity (Wildman–Crippen MR) is 58.4 cm³/mol. The number of nitrogens with zero attached hydrogens (tertiary/aromatic N) is 2. The molecule has 2 N–H and O–H groups in total. The Bertz CT molecular complexity index is 522. The van der Waals surface area contributed by atoms with Gasteiger partial charge in [-0.05, 0) is 12.1 Å². The lowest BCUT2D eigenvalue weighted by Gasteiger charge is -2.06. The molecule has 0 aliphatic heterocycles. The minimum absolute atomic E-state index is 0.203. The average Bonchev–Trinajstić information content (AvgIpc) is 2.82. The van der Waals surface area contributed by atoms with Gasteiger partial charge in [-0.1, -0.05) is 11.2 Å². The normalized spacial score (nSPS) is 10.3. The highest BCUT2D eigenvalue weighted by atomic mass is 19.1. The molecule has 1 heterocycles. The second kappa shape index (κ2) is 5.26. The van der Waals surface area contributed by atoms with E-state index in [9.17, 15) is 14.3 Å². The second-order valence-electron chi connectivity index (χ2n) is 3.47. The molecule has 1 aromatic heterocycles. The maximum Gasteiger partial charge on any atom is 0.258 e. The van der Waals surface area contributed by atoms with Gasteiger partial charge >= 0.3 is 0 Å². The van der Waals surface area contributed by atoms with Crippen molar-refractivity contribution >= 4 is 5.91 Å². The van der Waals surface area contributed by atoms with Crippen molar-refractivity contribution < 1.29 is 18.8 Å². The van der Waals surface area contributed by atoms with E-state index >= 15 is 0 Å². The number of rotatable bonds is 4. The Labute approximate surface area is 101 Å². The number of halogens is 1. The highest BCUT2D eigenvalue weighted by Gasteiger charge is 2.15. The molecule has 2 aromatic rings. The quantitative estimate of drug-likeness (QED) is 0.842. The van der Waals surface area contributed by atoms with Gasteiger partial charge in [0.25, 0.3) is 5.91 Å². The van der Waals surface area contributed by atoms with Crippen LogP contribution in [0, 0.1) is 5.82 Å². The first-order valence-electron chi connectivity index (χ1n) is 5.19. The fraction of sp³-hybridized carbons (Fsp3) is 0.182. The molecule has 0 saturated heterocycles. The van der Waals surface area contributed by atoms with Crippen LogP contribution >= 0.6 is 0 Å². The summed E-state index contributed by atoms with van der Waals surface area (Å²) in [6.45, 7) is 0.203. The van der Waals surface area contributed by atoms with E-state index in [0.717, 1.165) is 6.07 Å². The van der Waals surface area contributed by atoms with E-state index in [1.807, 2.05) is 0 Å². The molecule has 0 aliphatic carbocycles. The number of hydrogen-bond donors (Lipinski definition) is 2. The molecule has 0 aliphatic rings. The van der Waals surface area contributed by atoms with Crippen LogP contribution in [0.25, 0.3) is 0 Å². The summed E-state index contributed by atoms with van der Waals surface area (Å²) < 4.78 is 18.1. The minimum atomic E-state index is -0.773. The van der Waals surface area contributed by atoms with Crippen LogP contribution in [0.5, 0.6) is 5.75 Å². The topological polar surface area (TPSA) is 88.3 Å². The molecule has 6 nitrogen and oxygen atoms in total. The van der Waals surface area contributed by atoms with E-state index in [1.165, 1.54) is 18.5 Å². The van der Waals surface area contributed by atoms with Gasteiger partial charge in [-0.3, -0.25) is 4.79 Å². The largest absolute Gasteiger partial charge is 0.507 e. The number of hydrogen-bond acceptors (Lipinski definition) is 5. The van der Waals surface area contributed by atoms with Crippen molar-refractivity contribution in [2.24, 2.45) is 0 Å². The molecule has 94 valence electrons. The summed E-state index contributed by atoms with van der Waals surface area (Å²) in [5, 5.41) is 15.3. The number of aromatic hydroxyl groups is 1. The zero-order chi connectivity index (χ0) is 13.0. The molecule has 0 unspecified atom stereocenters. The number of benzene rings is 1. The summed E-state index contributed by atoms with van der Waals surface area (Å²) in [6, 6.07) is 3.67. The molecule has 0 atom stereocenters. The van der Waals surface area contributed by atoms with Crippen molar-refractivity contribution in [2.75, 3.05) is 6.54 Å². The van der Waals surface area contributed by atoms with Crippen LogP contribution in [-0.2, 0) is 6.42 Å². The number of amides is 1. The van der Waals surface area contributed by atoms with Crippen LogP contribution in [0.4, 0.5) is 4.39 Å². The number of carbonyl (C=O) groups excluding carboxylic acids is 1. The maximum atomic E-state index is 13.3. The van der Waals surface area contributed by atoms with Gasteiger partial charge in [0.1, 0.15) is 17.1 Å². The first kappa shape index (κ1) is 12.0. The molecule has 2 rings (SSSR count). The molecule has 1 aromatic carbocycles. The number of nitrogens with one attached hydrogen (secondary N) is 1. The van der Waals surface area contributed by atoms with Crippen LogP contribution < -0.4 is 5.32 Å². The number of phenols is 1. The Hall–Kier alpha value is -2.44. The summed E-state index contributed by atoms with van der Waals surface area (Å²) >= 11 is 0. The van der Waals surface area contributed by atoms with E-state index in [-0.39, 0.29) is 12.1 Å². The Morgan fingerprint density at radius 3 is 3.00 bits per heavy atom. The fourth-order valence-corrected chi connectivity index (χ4v) is 1.42. The fourth-order valence-electron chi connectivity index (χ4n) is 1.42. The Morgan fingerprint density at radius 1 is 1.50 bits per heavy atom. The monoisotopic (exact) mass is 251 g/mol. The van der Waals surface area contributed by atoms with E-state index in [2.05, 4.69) is 15.5 Å². The molecular formula is C11H10FN3O3. The van der Waals surface area contributed by atoms with E-state index < -0.39 is 17.5 Å². The van der Waals surface area contributed by atoms with Crippen molar-refractivity contribution in [3.63, 3.8) is 0 Å². The molecule has 0 saturated carbocycles. The van der Waals surface area contributed by atoms with Gasteiger partial charge < -0.3 is 14.9 Å². The molecule has 0 radical (unpaired) electrons. The third-order valence-electron chi connectivity index (χ3n) is 2.25. The summed E-state index contributed by atoms with van der Waals surface area (Å²) in [7, 11) is 0. The van der Waals surface area contributed by atoms with E-state index in [4.69, 9.17) is 4.52 Å². The summed E-state index contributed by atoms with van der Waals surface area (Å²) in [4.78, 5) is 15.4. The van der Waals surface area contributed by atoms with Crippen molar-refractivity contribution in [3.05, 3.63) is 41.8 Å². The lowest BCUT2D eigenvalue weighted by Crippen LogP contribution is -2.26. The number of aromatic nitrogens is 2. The Morgan fingerprint density at radius 2 is 2.33 bits per heavy atom. The van der Waals surface area contributed by atoms with Gasteiger partial charge in [-0.2, -0.15) is 4.98 Å². The van der Waals surface area contributed by atoms with Gasteiger partial charge in [0.15, 0.2) is 6.33 Å². The van der Waals surface area contributed by atoms with Gasteiger partial charge in [-0.15, -0.1) is 0 Å². The van der Waals surface area contributed by atoms with Crippen LogP contribution in [0.1, 0.15) is 16.2 Å². The Balaban J connectivity index is 1.96. The summed E-state index contributed by atoms with van der Waals surface area (Å²) in [5.41, 5.74) is -0.372. The molecule has 7 heteroatoms. The maximum absolute atomic E-state index is 13.3. The van der Waals surface area contributed by atoms with E-state index in [0.29, 0.717) is 12.3 Å². The highest BCUT2D eigenvalue weighted by molar-refractivity contribution is 5.97. The van der Waals surface area contributed by atoms with E-state index in [1.54, 1.807) is 0 Å². The third kappa shape index (κ3) is 2.62. The van der Waals surface area contributed by atoms with Crippen LogP contribution in [0.2, 0.25) is 0 Å². The molecule has 18 heavy (non-hydrogen) atoms. The smallest absolute Gasteiger partial charge is 0.258 e. The number of carbonyl (C=O) groups is 1. The molecular weight excluding hydrogens is 241 g/mol. The van der Waals surface area contributed by atoms with Crippen molar-refractivity contribution in [2.45, 2.75) is 6.42 Å². The zero-order valence-electron chi connectivity index (χ0n) is 9.26. The van der Waals surface area contributed by atoms with Gasteiger partial charge in [-0.25, -0.2) is 4.39 Å². The van der Waals surface area contributed by atoms with Crippen molar-refractivity contribution in [3.8, 4) is 5.75 Å². The third-order valence-corrected chi connectivity index (χ3v) is 2.25. The second-order valence-corrected chi connectivity index (χ2v) is 3.47. The first-order chi connectivity index (χ1) is 8.68. The van der Waals surface area contributed by atoms with Gasteiger partial charge in [0, 0.05) is 13.0 Å². The van der Waals surface area contributed by atoms with Crippen LogP contribution in [0.3, 0.4) is 0 Å². The Kier molecular flexibility index (Phi) is 3.52. The first-order valence-corrected chi connectivity index (χ1v) is 5.19. The molecule has 0 spiro atoms. The highest BCUT2D eigenvalue weighted by Crippen LogP contribution is 2.19. The lowest BCUT2D eigenvalue weighted by atomic mass is 10.1. The number of phenolic OH excluding ortho intramolecular Hbond substituents is 1.